The summed E-state index contributed by atoms with van der Waals surface area (Å²) < 4.78 is 29.8. The van der Waals surface area contributed by atoms with E-state index in [-0.39, 0.29) is 18.5 Å². The standard InChI is InChI=1S/C14H22N2O4S/c1-11-5-7-13(8-6-11)16(21(4,18)19)9-14(17)15-12(2)10-20-3/h5-8,12H,9-10H2,1-4H3,(H,15,17)/t12-/m1/s1. The lowest BCUT2D eigenvalue weighted by atomic mass is 10.2. The van der Waals surface area contributed by atoms with Gasteiger partial charge in [-0.3, -0.25) is 9.10 Å². The molecule has 1 rings (SSSR count). The fourth-order valence-electron chi connectivity index (χ4n) is 1.85. The molecular formula is C14H22N2O4S. The number of hydrogen-bond acceptors (Lipinski definition) is 4. The van der Waals surface area contributed by atoms with Crippen LogP contribution in [0.15, 0.2) is 24.3 Å². The van der Waals surface area contributed by atoms with Gasteiger partial charge in [0.05, 0.1) is 18.6 Å². The summed E-state index contributed by atoms with van der Waals surface area (Å²) in [6, 6.07) is 6.80. The quantitative estimate of drug-likeness (QED) is 0.812. The first-order valence-electron chi connectivity index (χ1n) is 6.56. The zero-order chi connectivity index (χ0) is 16.0. The molecule has 1 atom stereocenters. The number of hydrogen-bond donors (Lipinski definition) is 1. The van der Waals surface area contributed by atoms with Crippen LogP contribution in [0.2, 0.25) is 0 Å². The van der Waals surface area contributed by atoms with Gasteiger partial charge in [0.25, 0.3) is 0 Å². The molecule has 7 heteroatoms. The van der Waals surface area contributed by atoms with Gasteiger partial charge in [0.15, 0.2) is 0 Å². The Labute approximate surface area is 126 Å². The van der Waals surface area contributed by atoms with Gasteiger partial charge < -0.3 is 10.1 Å². The molecular weight excluding hydrogens is 292 g/mol. The molecule has 6 nitrogen and oxygen atoms in total. The van der Waals surface area contributed by atoms with Crippen LogP contribution in [0.5, 0.6) is 0 Å². The number of anilines is 1. The summed E-state index contributed by atoms with van der Waals surface area (Å²) in [4.78, 5) is 12.0. The molecule has 21 heavy (non-hydrogen) atoms. The fourth-order valence-corrected chi connectivity index (χ4v) is 2.71. The third kappa shape index (κ3) is 5.73. The number of benzene rings is 1. The topological polar surface area (TPSA) is 75.7 Å². The molecule has 1 aromatic rings. The van der Waals surface area contributed by atoms with Crippen LogP contribution in [0.25, 0.3) is 0 Å². The van der Waals surface area contributed by atoms with Crippen molar-refractivity contribution in [3.05, 3.63) is 29.8 Å². The van der Waals surface area contributed by atoms with Crippen molar-refractivity contribution in [1.82, 2.24) is 5.32 Å². The molecule has 0 fully saturated rings. The van der Waals surface area contributed by atoms with E-state index in [0.717, 1.165) is 16.1 Å². The van der Waals surface area contributed by atoms with E-state index in [9.17, 15) is 13.2 Å². The molecule has 1 amide bonds. The van der Waals surface area contributed by atoms with Crippen molar-refractivity contribution in [3.63, 3.8) is 0 Å². The summed E-state index contributed by atoms with van der Waals surface area (Å²) in [5.74, 6) is -0.370. The van der Waals surface area contributed by atoms with Crippen LogP contribution in [-0.4, -0.2) is 46.9 Å². The molecule has 1 N–H and O–H groups in total. The second kappa shape index (κ2) is 7.42. The van der Waals surface area contributed by atoms with E-state index in [0.29, 0.717) is 12.3 Å². The van der Waals surface area contributed by atoms with Crippen LogP contribution in [-0.2, 0) is 19.6 Å². The molecule has 0 radical (unpaired) electrons. The number of nitrogens with zero attached hydrogens (tertiary/aromatic N) is 1. The van der Waals surface area contributed by atoms with E-state index >= 15 is 0 Å². The minimum atomic E-state index is -3.53. The summed E-state index contributed by atoms with van der Waals surface area (Å²) in [6.45, 7) is 3.82. The van der Waals surface area contributed by atoms with E-state index in [1.54, 1.807) is 31.2 Å². The van der Waals surface area contributed by atoms with Crippen LogP contribution >= 0.6 is 0 Å². The molecule has 0 unspecified atom stereocenters. The first-order chi connectivity index (χ1) is 9.74. The number of carbonyl (C=O) groups excluding carboxylic acids is 1. The Bertz CT molecular complexity index is 569. The third-order valence-electron chi connectivity index (χ3n) is 2.83. The number of rotatable bonds is 7. The molecule has 0 aliphatic heterocycles. The highest BCUT2D eigenvalue weighted by Gasteiger charge is 2.21. The summed E-state index contributed by atoms with van der Waals surface area (Å²) in [5.41, 5.74) is 1.49. The molecule has 118 valence electrons. The van der Waals surface area contributed by atoms with E-state index in [1.165, 1.54) is 7.11 Å². The minimum absolute atomic E-state index is 0.179. The Morgan fingerprint density at radius 2 is 1.90 bits per heavy atom. The number of nitrogens with one attached hydrogen (secondary N) is 1. The van der Waals surface area contributed by atoms with Crippen LogP contribution in [0.1, 0.15) is 12.5 Å². The van der Waals surface area contributed by atoms with Crippen molar-refractivity contribution in [2.24, 2.45) is 0 Å². The van der Waals surface area contributed by atoms with Crippen molar-refractivity contribution >= 4 is 21.6 Å². The predicted octanol–water partition coefficient (Wildman–Crippen LogP) is 0.912. The normalized spacial score (nSPS) is 12.8. The van der Waals surface area contributed by atoms with Crippen LogP contribution in [0.4, 0.5) is 5.69 Å². The number of aryl methyl sites for hydroxylation is 1. The van der Waals surface area contributed by atoms with Crippen LogP contribution in [0, 0.1) is 6.92 Å². The van der Waals surface area contributed by atoms with Crippen molar-refractivity contribution in [1.29, 1.82) is 0 Å². The van der Waals surface area contributed by atoms with E-state index in [1.807, 2.05) is 6.92 Å². The maximum Gasteiger partial charge on any atom is 0.241 e. The lowest BCUT2D eigenvalue weighted by molar-refractivity contribution is -0.120. The zero-order valence-electron chi connectivity index (χ0n) is 12.8. The monoisotopic (exact) mass is 314 g/mol. The number of sulfonamides is 1. The molecule has 0 bridgehead atoms. The Morgan fingerprint density at radius 1 is 1.33 bits per heavy atom. The number of carbonyl (C=O) groups is 1. The average molecular weight is 314 g/mol. The highest BCUT2D eigenvalue weighted by Crippen LogP contribution is 2.17. The summed E-state index contributed by atoms with van der Waals surface area (Å²) in [6.07, 6.45) is 1.08. The van der Waals surface area contributed by atoms with Gasteiger partial charge >= 0.3 is 0 Å². The van der Waals surface area contributed by atoms with Gasteiger partial charge in [0, 0.05) is 13.2 Å². The third-order valence-corrected chi connectivity index (χ3v) is 3.97. The van der Waals surface area contributed by atoms with E-state index in [4.69, 9.17) is 4.74 Å². The SMILES string of the molecule is COC[C@@H](C)NC(=O)CN(c1ccc(C)cc1)S(C)(=O)=O. The van der Waals surface area contributed by atoms with Gasteiger partial charge in [0.1, 0.15) is 6.54 Å². The van der Waals surface area contributed by atoms with E-state index < -0.39 is 10.0 Å². The molecule has 0 aliphatic rings. The molecule has 0 aliphatic carbocycles. The van der Waals surface area contributed by atoms with Gasteiger partial charge in [-0.15, -0.1) is 0 Å². The predicted molar refractivity (Wildman–Crippen MR) is 82.8 cm³/mol. The summed E-state index contributed by atoms with van der Waals surface area (Å²) in [5, 5.41) is 2.69. The Hall–Kier alpha value is -1.60. The lowest BCUT2D eigenvalue weighted by Gasteiger charge is -2.23. The number of methoxy groups -OCH3 is 1. The van der Waals surface area contributed by atoms with Gasteiger partial charge in [-0.2, -0.15) is 0 Å². The molecule has 0 saturated carbocycles. The van der Waals surface area contributed by atoms with Crippen LogP contribution < -0.4 is 9.62 Å². The maximum absolute atomic E-state index is 12.0. The summed E-state index contributed by atoms with van der Waals surface area (Å²) in [7, 11) is -1.99. The summed E-state index contributed by atoms with van der Waals surface area (Å²) >= 11 is 0. The number of amides is 1. The lowest BCUT2D eigenvalue weighted by Crippen LogP contribution is -2.44. The maximum atomic E-state index is 12.0. The Balaban J connectivity index is 2.86. The van der Waals surface area contributed by atoms with Gasteiger partial charge in [0.2, 0.25) is 15.9 Å². The Morgan fingerprint density at radius 3 is 2.38 bits per heavy atom. The van der Waals surface area contributed by atoms with Gasteiger partial charge in [-0.25, -0.2) is 8.42 Å². The zero-order valence-corrected chi connectivity index (χ0v) is 13.6. The van der Waals surface area contributed by atoms with Crippen molar-refractivity contribution in [2.75, 3.05) is 30.8 Å². The Kier molecular flexibility index (Phi) is 6.17. The van der Waals surface area contributed by atoms with Crippen molar-refractivity contribution in [2.45, 2.75) is 19.9 Å². The molecule has 1 aromatic carbocycles. The van der Waals surface area contributed by atoms with Gasteiger partial charge in [-0.05, 0) is 26.0 Å². The van der Waals surface area contributed by atoms with Crippen molar-refractivity contribution < 1.29 is 17.9 Å². The van der Waals surface area contributed by atoms with E-state index in [2.05, 4.69) is 5.32 Å². The highest BCUT2D eigenvalue weighted by molar-refractivity contribution is 7.92. The van der Waals surface area contributed by atoms with Crippen LogP contribution in [0.3, 0.4) is 0 Å². The number of ether oxygens (including phenoxy) is 1. The smallest absolute Gasteiger partial charge is 0.241 e. The second-order valence-electron chi connectivity index (χ2n) is 5.03. The molecule has 0 heterocycles. The first-order valence-corrected chi connectivity index (χ1v) is 8.41. The highest BCUT2D eigenvalue weighted by atomic mass is 32.2. The molecule has 0 saturated heterocycles. The largest absolute Gasteiger partial charge is 0.383 e. The molecule has 0 spiro atoms. The minimum Gasteiger partial charge on any atom is -0.383 e. The first kappa shape index (κ1) is 17.5. The van der Waals surface area contributed by atoms with Gasteiger partial charge in [-0.1, -0.05) is 17.7 Å². The van der Waals surface area contributed by atoms with Crippen molar-refractivity contribution in [3.8, 4) is 0 Å². The molecule has 0 aromatic heterocycles. The second-order valence-corrected chi connectivity index (χ2v) is 6.94. The average Bonchev–Trinajstić information content (AvgIpc) is 2.36. The fraction of sp³-hybridized carbons (Fsp3) is 0.500.